The standard InChI is InChI=1S/C18H26N6O2/c1-3-19-16(22-14-18(2,25)15-6-4-13-26-15)23-9-11-24(12-10-23)17-20-7-5-8-21-17/h4-8,13,25H,3,9-12,14H2,1-2H3,(H,19,22). The summed E-state index contributed by atoms with van der Waals surface area (Å²) >= 11 is 0. The molecule has 26 heavy (non-hydrogen) atoms. The van der Waals surface area contributed by atoms with Crippen LogP contribution in [-0.2, 0) is 5.60 Å². The first-order chi connectivity index (χ1) is 12.6. The molecule has 8 heteroatoms. The van der Waals surface area contributed by atoms with Gasteiger partial charge in [-0.05, 0) is 32.0 Å². The third-order valence-corrected chi connectivity index (χ3v) is 4.34. The van der Waals surface area contributed by atoms with Gasteiger partial charge in [-0.2, -0.15) is 0 Å². The Labute approximate surface area is 153 Å². The van der Waals surface area contributed by atoms with Crippen molar-refractivity contribution in [2.45, 2.75) is 19.4 Å². The maximum atomic E-state index is 10.6. The lowest BCUT2D eigenvalue weighted by molar-refractivity contribution is 0.0434. The zero-order chi connectivity index (χ0) is 18.4. The van der Waals surface area contributed by atoms with E-state index in [9.17, 15) is 5.11 Å². The summed E-state index contributed by atoms with van der Waals surface area (Å²) in [5.74, 6) is 2.07. The first kappa shape index (κ1) is 18.2. The van der Waals surface area contributed by atoms with Crippen LogP contribution in [0.1, 0.15) is 19.6 Å². The van der Waals surface area contributed by atoms with Crippen LogP contribution >= 0.6 is 0 Å². The zero-order valence-corrected chi connectivity index (χ0v) is 15.3. The number of furan rings is 1. The molecule has 140 valence electrons. The molecule has 1 aliphatic rings. The molecule has 8 nitrogen and oxygen atoms in total. The molecule has 1 aliphatic heterocycles. The molecule has 1 saturated heterocycles. The van der Waals surface area contributed by atoms with Gasteiger partial charge in [-0.1, -0.05) is 0 Å². The van der Waals surface area contributed by atoms with Crippen molar-refractivity contribution in [2.24, 2.45) is 4.99 Å². The summed E-state index contributed by atoms with van der Waals surface area (Å²) in [7, 11) is 0. The summed E-state index contributed by atoms with van der Waals surface area (Å²) in [4.78, 5) is 17.6. The number of piperazine rings is 1. The third-order valence-electron chi connectivity index (χ3n) is 4.34. The Hall–Kier alpha value is -2.61. The fourth-order valence-corrected chi connectivity index (χ4v) is 2.89. The molecule has 3 heterocycles. The van der Waals surface area contributed by atoms with Crippen LogP contribution < -0.4 is 10.2 Å². The van der Waals surface area contributed by atoms with Gasteiger partial charge in [0.15, 0.2) is 5.96 Å². The Morgan fingerprint density at radius 2 is 2.00 bits per heavy atom. The highest BCUT2D eigenvalue weighted by Gasteiger charge is 2.27. The summed E-state index contributed by atoms with van der Waals surface area (Å²) in [6.45, 7) is 8.01. The van der Waals surface area contributed by atoms with Crippen molar-refractivity contribution in [1.82, 2.24) is 20.2 Å². The molecular weight excluding hydrogens is 332 g/mol. The lowest BCUT2D eigenvalue weighted by atomic mass is 10.0. The summed E-state index contributed by atoms with van der Waals surface area (Å²) in [5.41, 5.74) is -1.14. The van der Waals surface area contributed by atoms with Crippen LogP contribution in [0.25, 0.3) is 0 Å². The summed E-state index contributed by atoms with van der Waals surface area (Å²) in [5, 5.41) is 13.9. The Morgan fingerprint density at radius 3 is 2.62 bits per heavy atom. The first-order valence-electron chi connectivity index (χ1n) is 8.92. The maximum absolute atomic E-state index is 10.6. The van der Waals surface area contributed by atoms with Gasteiger partial charge in [0.25, 0.3) is 0 Å². The largest absolute Gasteiger partial charge is 0.466 e. The molecule has 0 aliphatic carbocycles. The number of guanidine groups is 1. The molecule has 0 spiro atoms. The van der Waals surface area contributed by atoms with Gasteiger partial charge in [-0.15, -0.1) is 0 Å². The van der Waals surface area contributed by atoms with Gasteiger partial charge in [0.1, 0.15) is 11.4 Å². The van der Waals surface area contributed by atoms with E-state index in [2.05, 4.69) is 30.1 Å². The van der Waals surface area contributed by atoms with Gasteiger partial charge in [-0.3, -0.25) is 0 Å². The number of nitrogens with one attached hydrogen (secondary N) is 1. The fourth-order valence-electron chi connectivity index (χ4n) is 2.89. The molecule has 0 amide bonds. The molecule has 0 aromatic carbocycles. The van der Waals surface area contributed by atoms with E-state index in [0.717, 1.165) is 44.6 Å². The number of aliphatic hydroxyl groups is 1. The van der Waals surface area contributed by atoms with Crippen LogP contribution in [0.15, 0.2) is 46.3 Å². The maximum Gasteiger partial charge on any atom is 0.225 e. The van der Waals surface area contributed by atoms with Crippen molar-refractivity contribution < 1.29 is 9.52 Å². The second kappa shape index (κ2) is 8.18. The average molecular weight is 358 g/mol. The second-order valence-corrected chi connectivity index (χ2v) is 6.44. The molecule has 3 rings (SSSR count). The van der Waals surface area contributed by atoms with Gasteiger partial charge in [0.2, 0.25) is 5.95 Å². The number of anilines is 1. The Bertz CT molecular complexity index is 694. The van der Waals surface area contributed by atoms with E-state index in [1.54, 1.807) is 37.7 Å². The van der Waals surface area contributed by atoms with Crippen molar-refractivity contribution in [3.8, 4) is 0 Å². The fraction of sp³-hybridized carbons (Fsp3) is 0.500. The molecule has 2 N–H and O–H groups in total. The number of aromatic nitrogens is 2. The number of rotatable bonds is 5. The van der Waals surface area contributed by atoms with E-state index in [-0.39, 0.29) is 6.54 Å². The Morgan fingerprint density at radius 1 is 1.27 bits per heavy atom. The minimum Gasteiger partial charge on any atom is -0.466 e. The van der Waals surface area contributed by atoms with Crippen molar-refractivity contribution in [1.29, 1.82) is 0 Å². The quantitative estimate of drug-likeness (QED) is 0.610. The van der Waals surface area contributed by atoms with Crippen LogP contribution in [-0.4, -0.2) is 65.2 Å². The summed E-state index contributed by atoms with van der Waals surface area (Å²) in [6.07, 6.45) is 5.08. The smallest absolute Gasteiger partial charge is 0.225 e. The number of nitrogens with zero attached hydrogens (tertiary/aromatic N) is 5. The lowest BCUT2D eigenvalue weighted by Crippen LogP contribution is -2.53. The van der Waals surface area contributed by atoms with E-state index in [1.165, 1.54) is 0 Å². The van der Waals surface area contributed by atoms with Crippen molar-refractivity contribution in [2.75, 3.05) is 44.2 Å². The molecule has 0 bridgehead atoms. The van der Waals surface area contributed by atoms with Crippen LogP contribution in [0.3, 0.4) is 0 Å². The zero-order valence-electron chi connectivity index (χ0n) is 15.3. The molecule has 0 saturated carbocycles. The molecule has 0 radical (unpaired) electrons. The molecule has 2 aromatic rings. The van der Waals surface area contributed by atoms with Crippen LogP contribution in [0.4, 0.5) is 5.95 Å². The van der Waals surface area contributed by atoms with E-state index in [4.69, 9.17) is 4.42 Å². The highest BCUT2D eigenvalue weighted by Crippen LogP contribution is 2.21. The van der Waals surface area contributed by atoms with E-state index in [1.807, 2.05) is 13.0 Å². The van der Waals surface area contributed by atoms with Crippen molar-refractivity contribution >= 4 is 11.9 Å². The predicted octanol–water partition coefficient (Wildman–Crippen LogP) is 1.06. The minimum absolute atomic E-state index is 0.227. The Balaban J connectivity index is 1.63. The SMILES string of the molecule is CCNC(=NCC(C)(O)c1ccco1)N1CCN(c2ncccn2)CC1. The van der Waals surface area contributed by atoms with Crippen LogP contribution in [0, 0.1) is 0 Å². The molecule has 1 unspecified atom stereocenters. The summed E-state index contributed by atoms with van der Waals surface area (Å²) < 4.78 is 5.33. The van der Waals surface area contributed by atoms with E-state index < -0.39 is 5.60 Å². The van der Waals surface area contributed by atoms with Crippen molar-refractivity contribution in [3.05, 3.63) is 42.6 Å². The van der Waals surface area contributed by atoms with Gasteiger partial charge in [0, 0.05) is 45.1 Å². The normalized spacial score (nSPS) is 17.9. The number of hydrogen-bond acceptors (Lipinski definition) is 6. The molecule has 1 atom stereocenters. The van der Waals surface area contributed by atoms with E-state index >= 15 is 0 Å². The number of aliphatic imine (C=N–C) groups is 1. The second-order valence-electron chi connectivity index (χ2n) is 6.44. The minimum atomic E-state index is -1.14. The predicted molar refractivity (Wildman–Crippen MR) is 100 cm³/mol. The van der Waals surface area contributed by atoms with Crippen LogP contribution in [0.5, 0.6) is 0 Å². The molecule has 2 aromatic heterocycles. The van der Waals surface area contributed by atoms with Gasteiger partial charge < -0.3 is 24.6 Å². The van der Waals surface area contributed by atoms with E-state index in [0.29, 0.717) is 5.76 Å². The van der Waals surface area contributed by atoms with Crippen LogP contribution in [0.2, 0.25) is 0 Å². The topological polar surface area (TPSA) is 90.0 Å². The average Bonchev–Trinajstić information content (AvgIpc) is 3.22. The molecule has 1 fully saturated rings. The summed E-state index contributed by atoms with van der Waals surface area (Å²) in [6, 6.07) is 5.35. The third kappa shape index (κ3) is 4.32. The molecular formula is C18H26N6O2. The van der Waals surface area contributed by atoms with Gasteiger partial charge in [0.05, 0.1) is 12.8 Å². The number of hydrogen-bond donors (Lipinski definition) is 2. The van der Waals surface area contributed by atoms with Gasteiger partial charge in [-0.25, -0.2) is 15.0 Å². The lowest BCUT2D eigenvalue weighted by Gasteiger charge is -2.36. The Kier molecular flexibility index (Phi) is 5.72. The highest BCUT2D eigenvalue weighted by atomic mass is 16.4. The highest BCUT2D eigenvalue weighted by molar-refractivity contribution is 5.80. The van der Waals surface area contributed by atoms with Gasteiger partial charge >= 0.3 is 0 Å². The monoisotopic (exact) mass is 358 g/mol. The van der Waals surface area contributed by atoms with Crippen molar-refractivity contribution in [3.63, 3.8) is 0 Å². The first-order valence-corrected chi connectivity index (χ1v) is 8.92.